The largest absolute Gasteiger partial charge is 0.481 e. The van der Waals surface area contributed by atoms with Crippen LogP contribution in [0, 0.1) is 11.3 Å². The molecule has 0 saturated heterocycles. The van der Waals surface area contributed by atoms with Crippen LogP contribution in [0.15, 0.2) is 0 Å². The third-order valence-corrected chi connectivity index (χ3v) is 2.30. The first-order chi connectivity index (χ1) is 6.72. The lowest BCUT2D eigenvalue weighted by Gasteiger charge is -2.20. The zero-order valence-electron chi connectivity index (χ0n) is 9.62. The maximum atomic E-state index is 10.8. The summed E-state index contributed by atoms with van der Waals surface area (Å²) in [6.45, 7) is 6.13. The van der Waals surface area contributed by atoms with Gasteiger partial charge in [-0.15, -0.1) is 0 Å². The molecule has 1 atom stereocenters. The van der Waals surface area contributed by atoms with Gasteiger partial charge in [-0.05, 0) is 24.7 Å². The molecule has 0 radical (unpaired) electrons. The average molecular weight is 216 g/mol. The molecular weight excluding hydrogens is 196 g/mol. The van der Waals surface area contributed by atoms with Gasteiger partial charge in [0.15, 0.2) is 0 Å². The molecule has 0 aliphatic carbocycles. The average Bonchev–Trinajstić information content (AvgIpc) is 2.00. The molecule has 0 heterocycles. The van der Waals surface area contributed by atoms with Gasteiger partial charge in [0.2, 0.25) is 0 Å². The van der Waals surface area contributed by atoms with Crippen molar-refractivity contribution in [1.29, 1.82) is 0 Å². The Morgan fingerprint density at radius 3 is 2.00 bits per heavy atom. The maximum Gasteiger partial charge on any atom is 0.306 e. The smallest absolute Gasteiger partial charge is 0.306 e. The second-order valence-electron chi connectivity index (χ2n) is 5.07. The standard InChI is InChI=1S/C11H20O4/c1-11(2,3)7-6-8(10(14)15)4-5-9(12)13/h8H,4-7H2,1-3H3,(H,12,13)(H,14,15). The topological polar surface area (TPSA) is 74.6 Å². The Bertz CT molecular complexity index is 227. The third kappa shape index (κ3) is 7.97. The Hall–Kier alpha value is -1.06. The molecule has 0 rings (SSSR count). The van der Waals surface area contributed by atoms with Crippen molar-refractivity contribution in [3.8, 4) is 0 Å². The van der Waals surface area contributed by atoms with Crippen molar-refractivity contribution in [1.82, 2.24) is 0 Å². The molecular formula is C11H20O4. The SMILES string of the molecule is CC(C)(C)CCC(CCC(=O)O)C(=O)O. The summed E-state index contributed by atoms with van der Waals surface area (Å²) in [5.74, 6) is -2.35. The molecule has 0 aromatic carbocycles. The van der Waals surface area contributed by atoms with Crippen molar-refractivity contribution >= 4 is 11.9 Å². The normalized spacial score (nSPS) is 13.5. The van der Waals surface area contributed by atoms with Gasteiger partial charge in [0.1, 0.15) is 0 Å². The molecule has 0 fully saturated rings. The molecule has 88 valence electrons. The van der Waals surface area contributed by atoms with Crippen LogP contribution in [0.4, 0.5) is 0 Å². The van der Waals surface area contributed by atoms with Gasteiger partial charge in [-0.3, -0.25) is 9.59 Å². The van der Waals surface area contributed by atoms with Crippen molar-refractivity contribution in [2.75, 3.05) is 0 Å². The van der Waals surface area contributed by atoms with E-state index in [0.717, 1.165) is 6.42 Å². The van der Waals surface area contributed by atoms with E-state index in [9.17, 15) is 9.59 Å². The Morgan fingerprint density at radius 1 is 1.13 bits per heavy atom. The molecule has 0 saturated carbocycles. The molecule has 15 heavy (non-hydrogen) atoms. The third-order valence-electron chi connectivity index (χ3n) is 2.30. The van der Waals surface area contributed by atoms with Crippen molar-refractivity contribution < 1.29 is 19.8 Å². The molecule has 0 aromatic heterocycles. The highest BCUT2D eigenvalue weighted by Gasteiger charge is 2.21. The lowest BCUT2D eigenvalue weighted by molar-refractivity contribution is -0.143. The van der Waals surface area contributed by atoms with Crippen LogP contribution in [0.25, 0.3) is 0 Å². The van der Waals surface area contributed by atoms with E-state index in [1.807, 2.05) is 20.8 Å². The number of carbonyl (C=O) groups is 2. The molecule has 4 nitrogen and oxygen atoms in total. The second kappa shape index (κ2) is 5.73. The molecule has 2 N–H and O–H groups in total. The zero-order valence-corrected chi connectivity index (χ0v) is 9.62. The van der Waals surface area contributed by atoms with Gasteiger partial charge in [0.05, 0.1) is 5.92 Å². The van der Waals surface area contributed by atoms with Crippen molar-refractivity contribution in [3.05, 3.63) is 0 Å². The predicted octanol–water partition coefficient (Wildman–Crippen LogP) is 2.38. The minimum atomic E-state index is -0.933. The zero-order chi connectivity index (χ0) is 12.1. The van der Waals surface area contributed by atoms with Gasteiger partial charge in [-0.1, -0.05) is 20.8 Å². The minimum Gasteiger partial charge on any atom is -0.481 e. The Kier molecular flexibility index (Phi) is 5.33. The monoisotopic (exact) mass is 216 g/mol. The highest BCUT2D eigenvalue weighted by Crippen LogP contribution is 2.25. The summed E-state index contributed by atoms with van der Waals surface area (Å²) in [7, 11) is 0. The quantitative estimate of drug-likeness (QED) is 0.714. The highest BCUT2D eigenvalue weighted by molar-refractivity contribution is 5.72. The number of hydrogen-bond acceptors (Lipinski definition) is 2. The summed E-state index contributed by atoms with van der Waals surface area (Å²) >= 11 is 0. The van der Waals surface area contributed by atoms with Gasteiger partial charge in [0.25, 0.3) is 0 Å². The lowest BCUT2D eigenvalue weighted by Crippen LogP contribution is -2.18. The van der Waals surface area contributed by atoms with Crippen molar-refractivity contribution in [2.45, 2.75) is 46.5 Å². The van der Waals surface area contributed by atoms with Gasteiger partial charge >= 0.3 is 11.9 Å². The van der Waals surface area contributed by atoms with Crippen LogP contribution in [-0.4, -0.2) is 22.2 Å². The van der Waals surface area contributed by atoms with E-state index in [0.29, 0.717) is 6.42 Å². The van der Waals surface area contributed by atoms with Crippen LogP contribution in [-0.2, 0) is 9.59 Å². The molecule has 1 unspecified atom stereocenters. The first kappa shape index (κ1) is 13.9. The van der Waals surface area contributed by atoms with Crippen molar-refractivity contribution in [3.63, 3.8) is 0 Å². The second-order valence-corrected chi connectivity index (χ2v) is 5.07. The lowest BCUT2D eigenvalue weighted by atomic mass is 9.85. The van der Waals surface area contributed by atoms with E-state index < -0.39 is 17.9 Å². The molecule has 4 heteroatoms. The summed E-state index contributed by atoms with van der Waals surface area (Å²) in [6, 6.07) is 0. The fraction of sp³-hybridized carbons (Fsp3) is 0.818. The molecule has 0 aromatic rings. The summed E-state index contributed by atoms with van der Waals surface area (Å²) in [5, 5.41) is 17.4. The Morgan fingerprint density at radius 2 is 1.67 bits per heavy atom. The number of carboxylic acid groups (broad SMARTS) is 2. The molecule has 0 aliphatic rings. The first-order valence-corrected chi connectivity index (χ1v) is 5.17. The van der Waals surface area contributed by atoms with E-state index in [1.54, 1.807) is 0 Å². The number of aliphatic carboxylic acids is 2. The van der Waals surface area contributed by atoms with E-state index in [1.165, 1.54) is 0 Å². The van der Waals surface area contributed by atoms with Gasteiger partial charge < -0.3 is 10.2 Å². The summed E-state index contributed by atoms with van der Waals surface area (Å²) in [5.41, 5.74) is 0.0942. The van der Waals surface area contributed by atoms with E-state index in [2.05, 4.69) is 0 Å². The number of hydrogen-bond donors (Lipinski definition) is 2. The maximum absolute atomic E-state index is 10.8. The predicted molar refractivity (Wildman–Crippen MR) is 56.7 cm³/mol. The summed E-state index contributed by atoms with van der Waals surface area (Å²) < 4.78 is 0. The van der Waals surface area contributed by atoms with Crippen LogP contribution in [0.5, 0.6) is 0 Å². The highest BCUT2D eigenvalue weighted by atomic mass is 16.4. The van der Waals surface area contributed by atoms with Crippen LogP contribution in [0.1, 0.15) is 46.5 Å². The van der Waals surface area contributed by atoms with E-state index >= 15 is 0 Å². The minimum absolute atomic E-state index is 0.0683. The van der Waals surface area contributed by atoms with E-state index in [-0.39, 0.29) is 18.3 Å². The number of carboxylic acids is 2. The van der Waals surface area contributed by atoms with Crippen LogP contribution >= 0.6 is 0 Å². The van der Waals surface area contributed by atoms with Crippen LogP contribution in [0.3, 0.4) is 0 Å². The van der Waals surface area contributed by atoms with Crippen LogP contribution in [0.2, 0.25) is 0 Å². The molecule has 0 aliphatic heterocycles. The summed E-state index contributed by atoms with van der Waals surface area (Å²) in [4.78, 5) is 21.2. The molecule has 0 amide bonds. The van der Waals surface area contributed by atoms with Gasteiger partial charge in [0, 0.05) is 6.42 Å². The van der Waals surface area contributed by atoms with Crippen LogP contribution < -0.4 is 0 Å². The van der Waals surface area contributed by atoms with E-state index in [4.69, 9.17) is 10.2 Å². The summed E-state index contributed by atoms with van der Waals surface area (Å²) in [6.07, 6.45) is 1.50. The fourth-order valence-corrected chi connectivity index (χ4v) is 1.30. The van der Waals surface area contributed by atoms with Gasteiger partial charge in [-0.25, -0.2) is 0 Å². The Labute approximate surface area is 90.3 Å². The molecule has 0 spiro atoms. The Balaban J connectivity index is 4.06. The number of rotatable bonds is 6. The van der Waals surface area contributed by atoms with Crippen molar-refractivity contribution in [2.24, 2.45) is 11.3 Å². The fourth-order valence-electron chi connectivity index (χ4n) is 1.30. The van der Waals surface area contributed by atoms with Gasteiger partial charge in [-0.2, -0.15) is 0 Å². The molecule has 0 bridgehead atoms. The first-order valence-electron chi connectivity index (χ1n) is 5.17.